The lowest BCUT2D eigenvalue weighted by Crippen LogP contribution is -2.38. The van der Waals surface area contributed by atoms with Gasteiger partial charge in [-0.3, -0.25) is 9.59 Å². The van der Waals surface area contributed by atoms with Gasteiger partial charge in [-0.15, -0.1) is 0 Å². The maximum Gasteiger partial charge on any atom is 0.310 e. The monoisotopic (exact) mass is 337 g/mol. The number of hydrogen-bond donors (Lipinski definition) is 0. The Morgan fingerprint density at radius 2 is 1.88 bits per heavy atom. The second-order valence-corrected chi connectivity index (χ2v) is 6.70. The van der Waals surface area contributed by atoms with Gasteiger partial charge in [0.2, 0.25) is 0 Å². The van der Waals surface area contributed by atoms with Crippen LogP contribution in [0.2, 0.25) is 0 Å². The van der Waals surface area contributed by atoms with Crippen molar-refractivity contribution in [3.05, 3.63) is 64.7 Å². The average molecular weight is 337 g/mol. The minimum absolute atomic E-state index is 0.0864. The van der Waals surface area contributed by atoms with Gasteiger partial charge in [-0.2, -0.15) is 0 Å². The third-order valence-electron chi connectivity index (χ3n) is 4.75. The number of rotatable bonds is 4. The summed E-state index contributed by atoms with van der Waals surface area (Å²) in [4.78, 5) is 26.3. The van der Waals surface area contributed by atoms with E-state index in [0.29, 0.717) is 0 Å². The fraction of sp³-hybridized carbons (Fsp3) is 0.333. The van der Waals surface area contributed by atoms with E-state index in [1.807, 2.05) is 63.2 Å². The molecule has 0 spiro atoms. The van der Waals surface area contributed by atoms with Crippen LogP contribution in [0.15, 0.2) is 42.5 Å². The Morgan fingerprint density at radius 1 is 1.12 bits per heavy atom. The van der Waals surface area contributed by atoms with Gasteiger partial charge in [-0.05, 0) is 55.5 Å². The van der Waals surface area contributed by atoms with E-state index in [4.69, 9.17) is 4.74 Å². The summed E-state index contributed by atoms with van der Waals surface area (Å²) in [5, 5.41) is 0. The van der Waals surface area contributed by atoms with Gasteiger partial charge in [0.1, 0.15) is 0 Å². The molecular weight excluding hydrogens is 314 g/mol. The molecule has 0 saturated heterocycles. The number of ether oxygens (including phenoxy) is 1. The van der Waals surface area contributed by atoms with E-state index in [1.165, 1.54) is 5.56 Å². The quantitative estimate of drug-likeness (QED) is 0.804. The maximum absolute atomic E-state index is 12.5. The lowest BCUT2D eigenvalue weighted by molar-refractivity contribution is -0.147. The Morgan fingerprint density at radius 3 is 2.64 bits per heavy atom. The highest BCUT2D eigenvalue weighted by Crippen LogP contribution is 2.31. The number of fused-ring (bicyclic) bond motifs is 1. The number of esters is 1. The van der Waals surface area contributed by atoms with Gasteiger partial charge in [0.15, 0.2) is 6.61 Å². The Bertz CT molecular complexity index is 813. The Kier molecular flexibility index (Phi) is 4.88. The Labute approximate surface area is 148 Å². The molecule has 0 N–H and O–H groups in total. The Hall–Kier alpha value is -2.62. The number of anilines is 1. The number of benzene rings is 2. The fourth-order valence-corrected chi connectivity index (χ4v) is 3.29. The van der Waals surface area contributed by atoms with Crippen LogP contribution in [0.5, 0.6) is 0 Å². The van der Waals surface area contributed by atoms with Crippen molar-refractivity contribution in [3.63, 3.8) is 0 Å². The van der Waals surface area contributed by atoms with Crippen LogP contribution in [0.1, 0.15) is 29.2 Å². The molecule has 1 aliphatic heterocycles. The van der Waals surface area contributed by atoms with Crippen LogP contribution in [0.25, 0.3) is 0 Å². The second-order valence-electron chi connectivity index (χ2n) is 6.70. The van der Waals surface area contributed by atoms with E-state index < -0.39 is 0 Å². The SMILES string of the molecule is Cc1ccc(CC(=O)OCC(=O)N2c3ccccc3C[C@H]2C)cc1C. The molecule has 2 aromatic carbocycles. The molecule has 0 aliphatic carbocycles. The summed E-state index contributed by atoms with van der Waals surface area (Å²) in [5.74, 6) is -0.553. The molecule has 2 aromatic rings. The molecule has 1 atom stereocenters. The van der Waals surface area contributed by atoms with E-state index in [2.05, 4.69) is 0 Å². The fourth-order valence-electron chi connectivity index (χ4n) is 3.29. The topological polar surface area (TPSA) is 46.6 Å². The predicted molar refractivity (Wildman–Crippen MR) is 97.7 cm³/mol. The van der Waals surface area contributed by atoms with Gasteiger partial charge in [-0.1, -0.05) is 36.4 Å². The predicted octanol–water partition coefficient (Wildman–Crippen LogP) is 3.37. The van der Waals surface area contributed by atoms with Crippen molar-refractivity contribution in [2.45, 2.75) is 39.7 Å². The van der Waals surface area contributed by atoms with E-state index in [9.17, 15) is 9.59 Å². The Balaban J connectivity index is 1.59. The van der Waals surface area contributed by atoms with E-state index in [1.54, 1.807) is 4.90 Å². The molecule has 0 bridgehead atoms. The number of carbonyl (C=O) groups is 2. The third kappa shape index (κ3) is 3.73. The molecule has 1 amide bonds. The van der Waals surface area contributed by atoms with Gasteiger partial charge < -0.3 is 9.64 Å². The normalized spacial score (nSPS) is 15.8. The summed E-state index contributed by atoms with van der Waals surface area (Å²) < 4.78 is 5.22. The number of carbonyl (C=O) groups excluding carboxylic acids is 2. The minimum Gasteiger partial charge on any atom is -0.455 e. The largest absolute Gasteiger partial charge is 0.455 e. The van der Waals surface area contributed by atoms with E-state index >= 15 is 0 Å². The first-order valence-corrected chi connectivity index (χ1v) is 8.57. The molecule has 0 saturated carbocycles. The zero-order valence-corrected chi connectivity index (χ0v) is 14.9. The standard InChI is InChI=1S/C21H23NO3/c1-14-8-9-17(10-15(14)2)12-21(24)25-13-20(23)22-16(3)11-18-6-4-5-7-19(18)22/h4-10,16H,11-13H2,1-3H3/t16-/m1/s1. The molecule has 3 rings (SSSR count). The number of nitrogens with zero attached hydrogens (tertiary/aromatic N) is 1. The van der Waals surface area contributed by atoms with Crippen LogP contribution >= 0.6 is 0 Å². The van der Waals surface area contributed by atoms with Crippen molar-refractivity contribution in [2.75, 3.05) is 11.5 Å². The van der Waals surface area contributed by atoms with Crippen molar-refractivity contribution in [2.24, 2.45) is 0 Å². The van der Waals surface area contributed by atoms with Crippen molar-refractivity contribution in [3.8, 4) is 0 Å². The summed E-state index contributed by atoms with van der Waals surface area (Å²) in [6, 6.07) is 13.8. The molecule has 130 valence electrons. The molecule has 1 aliphatic rings. The van der Waals surface area contributed by atoms with Gasteiger partial charge in [0.25, 0.3) is 5.91 Å². The van der Waals surface area contributed by atoms with Crippen molar-refractivity contribution in [1.29, 1.82) is 0 Å². The first kappa shape index (κ1) is 17.2. The van der Waals surface area contributed by atoms with Gasteiger partial charge in [0, 0.05) is 11.7 Å². The first-order valence-electron chi connectivity index (χ1n) is 8.57. The lowest BCUT2D eigenvalue weighted by Gasteiger charge is -2.22. The summed E-state index contributed by atoms with van der Waals surface area (Å²) in [5.41, 5.74) is 5.31. The highest BCUT2D eigenvalue weighted by Gasteiger charge is 2.30. The zero-order valence-electron chi connectivity index (χ0n) is 14.9. The number of aryl methyl sites for hydroxylation is 2. The number of hydrogen-bond acceptors (Lipinski definition) is 3. The van der Waals surface area contributed by atoms with Crippen LogP contribution < -0.4 is 4.90 Å². The highest BCUT2D eigenvalue weighted by molar-refractivity contribution is 5.97. The molecule has 4 heteroatoms. The minimum atomic E-state index is -0.378. The molecule has 25 heavy (non-hydrogen) atoms. The van der Waals surface area contributed by atoms with E-state index in [0.717, 1.165) is 28.8 Å². The summed E-state index contributed by atoms with van der Waals surface area (Å²) in [7, 11) is 0. The van der Waals surface area contributed by atoms with Gasteiger partial charge in [0.05, 0.1) is 6.42 Å². The molecule has 4 nitrogen and oxygen atoms in total. The molecule has 0 aromatic heterocycles. The number of amides is 1. The van der Waals surface area contributed by atoms with Crippen LogP contribution in [0.3, 0.4) is 0 Å². The van der Waals surface area contributed by atoms with Crippen LogP contribution in [0, 0.1) is 13.8 Å². The van der Waals surface area contributed by atoms with Crippen LogP contribution in [-0.2, 0) is 27.2 Å². The van der Waals surface area contributed by atoms with E-state index in [-0.39, 0.29) is 30.9 Å². The summed E-state index contributed by atoms with van der Waals surface area (Å²) in [6.45, 7) is 5.84. The average Bonchev–Trinajstić information content (AvgIpc) is 2.92. The molecule has 0 unspecified atom stereocenters. The first-order chi connectivity index (χ1) is 12.0. The summed E-state index contributed by atoms with van der Waals surface area (Å²) >= 11 is 0. The third-order valence-corrected chi connectivity index (χ3v) is 4.75. The van der Waals surface area contributed by atoms with Crippen molar-refractivity contribution >= 4 is 17.6 Å². The zero-order chi connectivity index (χ0) is 18.0. The van der Waals surface area contributed by atoms with Crippen LogP contribution in [0.4, 0.5) is 5.69 Å². The smallest absolute Gasteiger partial charge is 0.310 e. The van der Waals surface area contributed by atoms with Crippen molar-refractivity contribution in [1.82, 2.24) is 0 Å². The second kappa shape index (κ2) is 7.09. The molecular formula is C21H23NO3. The lowest BCUT2D eigenvalue weighted by atomic mass is 10.0. The van der Waals surface area contributed by atoms with Crippen LogP contribution in [-0.4, -0.2) is 24.5 Å². The highest BCUT2D eigenvalue weighted by atomic mass is 16.5. The van der Waals surface area contributed by atoms with Crippen molar-refractivity contribution < 1.29 is 14.3 Å². The molecule has 0 fully saturated rings. The molecule has 1 heterocycles. The number of para-hydroxylation sites is 1. The molecule has 0 radical (unpaired) electrons. The van der Waals surface area contributed by atoms with Gasteiger partial charge >= 0.3 is 5.97 Å². The summed E-state index contributed by atoms with van der Waals surface area (Å²) in [6.07, 6.45) is 1.01. The maximum atomic E-state index is 12.5. The van der Waals surface area contributed by atoms with Gasteiger partial charge in [-0.25, -0.2) is 0 Å².